The summed E-state index contributed by atoms with van der Waals surface area (Å²) >= 11 is 0. The zero-order chi connectivity index (χ0) is 8.91. The Labute approximate surface area is 68.9 Å². The van der Waals surface area contributed by atoms with E-state index >= 15 is 0 Å². The quantitative estimate of drug-likeness (QED) is 0.598. The predicted molar refractivity (Wildman–Crippen MR) is 46.9 cm³/mol. The van der Waals surface area contributed by atoms with Crippen LogP contribution in [0.25, 0.3) is 0 Å². The smallest absolute Gasteiger partial charge is 0.151 e. The highest BCUT2D eigenvalue weighted by atomic mass is 32.2. The molecule has 0 aliphatic rings. The standard InChI is InChI=1S/C8H14O2S/c1-4-5-6-11(9,10)7-8(2)3/h1,8H,5-7H2,2-3H3. The van der Waals surface area contributed by atoms with Crippen LogP contribution in [0.2, 0.25) is 0 Å². The number of rotatable bonds is 4. The van der Waals surface area contributed by atoms with Crippen LogP contribution in [0.15, 0.2) is 0 Å². The van der Waals surface area contributed by atoms with Crippen molar-refractivity contribution in [1.82, 2.24) is 0 Å². The Bertz CT molecular complexity index is 231. The third kappa shape index (κ3) is 5.93. The summed E-state index contributed by atoms with van der Waals surface area (Å²) in [5.41, 5.74) is 0. The van der Waals surface area contributed by atoms with E-state index < -0.39 is 9.84 Å². The Kier molecular flexibility index (Phi) is 4.20. The third-order valence-electron chi connectivity index (χ3n) is 1.14. The van der Waals surface area contributed by atoms with E-state index in [0.717, 1.165) is 0 Å². The van der Waals surface area contributed by atoms with Gasteiger partial charge in [0.05, 0.1) is 11.5 Å². The molecule has 64 valence electrons. The molecule has 0 aromatic carbocycles. The maximum absolute atomic E-state index is 11.1. The van der Waals surface area contributed by atoms with Gasteiger partial charge in [-0.2, -0.15) is 0 Å². The maximum atomic E-state index is 11.1. The molecule has 0 fully saturated rings. The van der Waals surface area contributed by atoms with Crippen LogP contribution in [0, 0.1) is 18.3 Å². The molecule has 0 atom stereocenters. The minimum Gasteiger partial charge on any atom is -0.229 e. The molecule has 0 amide bonds. The van der Waals surface area contributed by atoms with Crippen molar-refractivity contribution in [3.63, 3.8) is 0 Å². The lowest BCUT2D eigenvalue weighted by Crippen LogP contribution is -2.14. The van der Waals surface area contributed by atoms with E-state index in [1.807, 2.05) is 13.8 Å². The minimum absolute atomic E-state index is 0.127. The Hall–Kier alpha value is -0.490. The summed E-state index contributed by atoms with van der Waals surface area (Å²) in [5, 5.41) is 0. The van der Waals surface area contributed by atoms with Crippen molar-refractivity contribution in [3.05, 3.63) is 0 Å². The van der Waals surface area contributed by atoms with Crippen molar-refractivity contribution in [2.75, 3.05) is 11.5 Å². The molecule has 0 saturated carbocycles. The second-order valence-corrected chi connectivity index (χ2v) is 5.19. The van der Waals surface area contributed by atoms with Gasteiger partial charge in [0.2, 0.25) is 0 Å². The van der Waals surface area contributed by atoms with Gasteiger partial charge in [-0.15, -0.1) is 12.3 Å². The highest BCUT2D eigenvalue weighted by Crippen LogP contribution is 2.01. The molecule has 0 saturated heterocycles. The fourth-order valence-corrected chi connectivity index (χ4v) is 2.42. The average Bonchev–Trinajstić information content (AvgIpc) is 1.81. The van der Waals surface area contributed by atoms with E-state index in [-0.39, 0.29) is 17.4 Å². The number of terminal acetylenes is 1. The van der Waals surface area contributed by atoms with Gasteiger partial charge in [-0.05, 0) is 5.92 Å². The van der Waals surface area contributed by atoms with Crippen LogP contribution in [0.5, 0.6) is 0 Å². The van der Waals surface area contributed by atoms with Gasteiger partial charge in [-0.1, -0.05) is 13.8 Å². The highest BCUT2D eigenvalue weighted by molar-refractivity contribution is 7.91. The first-order chi connectivity index (χ1) is 4.98. The van der Waals surface area contributed by atoms with Crippen LogP contribution >= 0.6 is 0 Å². The number of hydrogen-bond acceptors (Lipinski definition) is 2. The monoisotopic (exact) mass is 174 g/mol. The lowest BCUT2D eigenvalue weighted by atomic mass is 10.3. The second-order valence-electron chi connectivity index (χ2n) is 2.96. The van der Waals surface area contributed by atoms with Gasteiger partial charge in [0.15, 0.2) is 9.84 Å². The largest absolute Gasteiger partial charge is 0.229 e. The Morgan fingerprint density at radius 2 is 2.00 bits per heavy atom. The lowest BCUT2D eigenvalue weighted by Gasteiger charge is -2.03. The Balaban J connectivity index is 3.94. The van der Waals surface area contributed by atoms with Crippen LogP contribution in [0.1, 0.15) is 20.3 Å². The van der Waals surface area contributed by atoms with Gasteiger partial charge in [0.25, 0.3) is 0 Å². The van der Waals surface area contributed by atoms with Crippen molar-refractivity contribution in [2.45, 2.75) is 20.3 Å². The molecule has 0 aliphatic carbocycles. The van der Waals surface area contributed by atoms with Gasteiger partial charge >= 0.3 is 0 Å². The lowest BCUT2D eigenvalue weighted by molar-refractivity contribution is 0.582. The summed E-state index contributed by atoms with van der Waals surface area (Å²) in [6, 6.07) is 0. The fourth-order valence-electron chi connectivity index (χ4n) is 0.806. The second kappa shape index (κ2) is 4.40. The summed E-state index contributed by atoms with van der Waals surface area (Å²) in [4.78, 5) is 0. The highest BCUT2D eigenvalue weighted by Gasteiger charge is 2.11. The van der Waals surface area contributed by atoms with Gasteiger partial charge in [0.1, 0.15) is 0 Å². The zero-order valence-corrected chi connectivity index (χ0v) is 7.82. The molecule has 0 aromatic rings. The van der Waals surface area contributed by atoms with E-state index in [4.69, 9.17) is 6.42 Å². The number of hydrogen-bond donors (Lipinski definition) is 0. The van der Waals surface area contributed by atoms with Gasteiger partial charge < -0.3 is 0 Å². The third-order valence-corrected chi connectivity index (χ3v) is 3.15. The SMILES string of the molecule is C#CCCS(=O)(=O)CC(C)C. The molecule has 11 heavy (non-hydrogen) atoms. The molecule has 0 aliphatic heterocycles. The summed E-state index contributed by atoms with van der Waals surface area (Å²) in [5.74, 6) is 2.88. The number of sulfone groups is 1. The van der Waals surface area contributed by atoms with E-state index in [2.05, 4.69) is 5.92 Å². The molecule has 0 heterocycles. The summed E-state index contributed by atoms with van der Waals surface area (Å²) in [7, 11) is -2.89. The van der Waals surface area contributed by atoms with Crippen LogP contribution in [-0.2, 0) is 9.84 Å². The first-order valence-electron chi connectivity index (χ1n) is 3.62. The normalized spacial score (nSPS) is 11.5. The molecule has 0 unspecified atom stereocenters. The molecular formula is C8H14O2S. The van der Waals surface area contributed by atoms with Crippen molar-refractivity contribution < 1.29 is 8.42 Å². The van der Waals surface area contributed by atoms with E-state index in [0.29, 0.717) is 6.42 Å². The first kappa shape index (κ1) is 10.5. The van der Waals surface area contributed by atoms with Crippen LogP contribution in [0.3, 0.4) is 0 Å². The van der Waals surface area contributed by atoms with Crippen LogP contribution in [0.4, 0.5) is 0 Å². The van der Waals surface area contributed by atoms with Gasteiger partial charge in [0, 0.05) is 6.42 Å². The van der Waals surface area contributed by atoms with Gasteiger partial charge in [-0.3, -0.25) is 0 Å². The van der Waals surface area contributed by atoms with Crippen molar-refractivity contribution in [2.24, 2.45) is 5.92 Å². The summed E-state index contributed by atoms with van der Waals surface area (Å²) in [6.07, 6.45) is 5.28. The molecular weight excluding hydrogens is 160 g/mol. The Morgan fingerprint density at radius 1 is 1.45 bits per heavy atom. The molecule has 2 nitrogen and oxygen atoms in total. The molecule has 0 bridgehead atoms. The van der Waals surface area contributed by atoms with Crippen molar-refractivity contribution in [1.29, 1.82) is 0 Å². The summed E-state index contributed by atoms with van der Waals surface area (Å²) < 4.78 is 22.2. The maximum Gasteiger partial charge on any atom is 0.151 e. The van der Waals surface area contributed by atoms with E-state index in [1.165, 1.54) is 0 Å². The van der Waals surface area contributed by atoms with Crippen LogP contribution in [-0.4, -0.2) is 19.9 Å². The van der Waals surface area contributed by atoms with E-state index in [9.17, 15) is 8.42 Å². The van der Waals surface area contributed by atoms with Gasteiger partial charge in [-0.25, -0.2) is 8.42 Å². The van der Waals surface area contributed by atoms with Crippen molar-refractivity contribution in [3.8, 4) is 12.3 Å². The Morgan fingerprint density at radius 3 is 2.36 bits per heavy atom. The van der Waals surface area contributed by atoms with Crippen molar-refractivity contribution >= 4 is 9.84 Å². The molecule has 0 spiro atoms. The molecule has 0 aromatic heterocycles. The zero-order valence-electron chi connectivity index (χ0n) is 7.00. The summed E-state index contributed by atoms with van der Waals surface area (Å²) in [6.45, 7) is 3.76. The minimum atomic E-state index is -2.89. The molecule has 0 radical (unpaired) electrons. The molecule has 0 N–H and O–H groups in total. The van der Waals surface area contributed by atoms with Crippen LogP contribution < -0.4 is 0 Å². The van der Waals surface area contributed by atoms with E-state index in [1.54, 1.807) is 0 Å². The first-order valence-corrected chi connectivity index (χ1v) is 5.44. The topological polar surface area (TPSA) is 34.1 Å². The predicted octanol–water partition coefficient (Wildman–Crippen LogP) is 1.08. The fraction of sp³-hybridized carbons (Fsp3) is 0.750. The molecule has 0 rings (SSSR count). The molecule has 3 heteroatoms. The average molecular weight is 174 g/mol.